The fraction of sp³-hybridized carbons (Fsp3) is 0.400. The number of fused-ring (bicyclic) bond motifs is 2. The molecular weight excluding hydrogens is 450 g/mol. The molecule has 1 saturated carbocycles. The summed E-state index contributed by atoms with van der Waals surface area (Å²) in [6.07, 6.45) is 8.75. The molecule has 0 aliphatic heterocycles. The van der Waals surface area contributed by atoms with Crippen LogP contribution in [0.3, 0.4) is 0 Å². The number of nitrogens with two attached hydrogens (primary N) is 1. The summed E-state index contributed by atoms with van der Waals surface area (Å²) in [7, 11) is 0. The van der Waals surface area contributed by atoms with Crippen LogP contribution in [0.15, 0.2) is 47.3 Å². The number of pyridine rings is 1. The zero-order valence-electron chi connectivity index (χ0n) is 18.1. The molecule has 0 amide bonds. The minimum atomic E-state index is 0.551. The van der Waals surface area contributed by atoms with Crippen molar-refractivity contribution in [3.63, 3.8) is 0 Å². The lowest BCUT2D eigenvalue weighted by atomic mass is 9.83. The minimum Gasteiger partial charge on any atom is -0.383 e. The SMILES string of the molecule is CCC1C(Cc2ccc3cc(Br)c(N)nc3c2)CCC1Cn1ccc2c(C)ncnc21. The van der Waals surface area contributed by atoms with E-state index in [9.17, 15) is 0 Å². The number of anilines is 1. The first-order chi connectivity index (χ1) is 15.0. The first-order valence-electron chi connectivity index (χ1n) is 11.1. The quantitative estimate of drug-likeness (QED) is 0.386. The Kier molecular flexibility index (Phi) is 5.42. The van der Waals surface area contributed by atoms with E-state index in [0.717, 1.165) is 45.6 Å². The molecule has 1 aliphatic rings. The molecule has 3 atom stereocenters. The number of nitrogen functional groups attached to an aromatic ring is 1. The summed E-state index contributed by atoms with van der Waals surface area (Å²) in [6.45, 7) is 5.44. The highest BCUT2D eigenvalue weighted by atomic mass is 79.9. The molecule has 1 fully saturated rings. The zero-order valence-corrected chi connectivity index (χ0v) is 19.6. The van der Waals surface area contributed by atoms with Gasteiger partial charge in [-0.3, -0.25) is 0 Å². The molecule has 4 aromatic rings. The summed E-state index contributed by atoms with van der Waals surface area (Å²) in [4.78, 5) is 13.5. The largest absolute Gasteiger partial charge is 0.383 e. The second-order valence-electron chi connectivity index (χ2n) is 8.92. The van der Waals surface area contributed by atoms with Gasteiger partial charge in [-0.2, -0.15) is 0 Å². The number of nitrogens with zero attached hydrogens (tertiary/aromatic N) is 4. The molecular formula is C25H28BrN5. The van der Waals surface area contributed by atoms with Gasteiger partial charge in [0.15, 0.2) is 0 Å². The van der Waals surface area contributed by atoms with Gasteiger partial charge >= 0.3 is 0 Å². The molecule has 2 N–H and O–H groups in total. The van der Waals surface area contributed by atoms with Gasteiger partial charge in [-0.15, -0.1) is 0 Å². The Balaban J connectivity index is 1.35. The molecule has 0 saturated heterocycles. The lowest BCUT2D eigenvalue weighted by Crippen LogP contribution is -2.20. The Morgan fingerprint density at radius 3 is 2.81 bits per heavy atom. The Morgan fingerprint density at radius 1 is 1.13 bits per heavy atom. The summed E-state index contributed by atoms with van der Waals surface area (Å²) in [5, 5.41) is 2.29. The van der Waals surface area contributed by atoms with Gasteiger partial charge in [0.25, 0.3) is 0 Å². The third-order valence-electron chi connectivity index (χ3n) is 7.14. The molecule has 1 aliphatic carbocycles. The first-order valence-corrected chi connectivity index (χ1v) is 11.9. The van der Waals surface area contributed by atoms with Gasteiger partial charge in [0.1, 0.15) is 17.8 Å². The van der Waals surface area contributed by atoms with Crippen LogP contribution in [-0.4, -0.2) is 19.5 Å². The minimum absolute atomic E-state index is 0.551. The third kappa shape index (κ3) is 3.82. The predicted molar refractivity (Wildman–Crippen MR) is 130 cm³/mol. The predicted octanol–water partition coefficient (Wildman–Crippen LogP) is 5.93. The molecule has 5 nitrogen and oxygen atoms in total. The van der Waals surface area contributed by atoms with Crippen LogP contribution in [0.4, 0.5) is 5.82 Å². The summed E-state index contributed by atoms with van der Waals surface area (Å²) in [6, 6.07) is 10.9. The fourth-order valence-corrected chi connectivity index (χ4v) is 5.88. The summed E-state index contributed by atoms with van der Waals surface area (Å²) in [5.41, 5.74) is 10.5. The maximum Gasteiger partial charge on any atom is 0.143 e. The number of rotatable bonds is 5. The van der Waals surface area contributed by atoms with Crippen LogP contribution in [0.25, 0.3) is 21.9 Å². The molecule has 160 valence electrons. The normalized spacial score (nSPS) is 21.3. The van der Waals surface area contributed by atoms with Crippen molar-refractivity contribution >= 4 is 43.7 Å². The van der Waals surface area contributed by atoms with Gasteiger partial charge in [-0.05, 0) is 83.6 Å². The van der Waals surface area contributed by atoms with Gasteiger partial charge in [0, 0.05) is 23.5 Å². The van der Waals surface area contributed by atoms with Crippen LogP contribution < -0.4 is 5.73 Å². The molecule has 3 unspecified atom stereocenters. The van der Waals surface area contributed by atoms with E-state index < -0.39 is 0 Å². The van der Waals surface area contributed by atoms with Gasteiger partial charge < -0.3 is 10.3 Å². The van der Waals surface area contributed by atoms with E-state index in [1.54, 1.807) is 6.33 Å². The third-order valence-corrected chi connectivity index (χ3v) is 7.77. The topological polar surface area (TPSA) is 69.6 Å². The molecule has 0 bridgehead atoms. The van der Waals surface area contributed by atoms with Crippen molar-refractivity contribution in [2.24, 2.45) is 17.8 Å². The van der Waals surface area contributed by atoms with Crippen molar-refractivity contribution in [3.8, 4) is 0 Å². The number of hydrogen-bond acceptors (Lipinski definition) is 4. The van der Waals surface area contributed by atoms with E-state index in [0.29, 0.717) is 17.7 Å². The van der Waals surface area contributed by atoms with E-state index in [2.05, 4.69) is 85.8 Å². The number of aryl methyl sites for hydroxylation is 1. The molecule has 31 heavy (non-hydrogen) atoms. The molecule has 1 aromatic carbocycles. The Labute approximate surface area is 191 Å². The maximum atomic E-state index is 6.01. The molecule has 3 aromatic heterocycles. The highest BCUT2D eigenvalue weighted by molar-refractivity contribution is 9.10. The Morgan fingerprint density at radius 2 is 1.97 bits per heavy atom. The van der Waals surface area contributed by atoms with E-state index in [1.165, 1.54) is 30.2 Å². The first kappa shape index (κ1) is 20.4. The van der Waals surface area contributed by atoms with Crippen LogP contribution in [0.2, 0.25) is 0 Å². The molecule has 5 rings (SSSR count). The monoisotopic (exact) mass is 477 g/mol. The van der Waals surface area contributed by atoms with Crippen LogP contribution in [-0.2, 0) is 13.0 Å². The smallest absolute Gasteiger partial charge is 0.143 e. The molecule has 0 spiro atoms. The average Bonchev–Trinajstić information content (AvgIpc) is 3.34. The zero-order chi connectivity index (χ0) is 21.5. The van der Waals surface area contributed by atoms with E-state index in [1.807, 2.05) is 0 Å². The van der Waals surface area contributed by atoms with Gasteiger partial charge in [-0.1, -0.05) is 25.5 Å². The van der Waals surface area contributed by atoms with Gasteiger partial charge in [0.05, 0.1) is 15.7 Å². The Bertz CT molecular complexity index is 1250. The van der Waals surface area contributed by atoms with Crippen molar-refractivity contribution in [2.75, 3.05) is 5.73 Å². The van der Waals surface area contributed by atoms with Crippen molar-refractivity contribution in [1.29, 1.82) is 0 Å². The molecule has 6 heteroatoms. The standard InChI is InChI=1S/C25H28BrN5/c1-3-20-17(10-16-4-5-18-12-22(26)24(27)30-23(18)11-16)6-7-19(20)13-31-9-8-21-15(2)28-14-29-25(21)31/h4-5,8-9,11-12,14,17,19-20H,3,6-7,10,13H2,1-2H3,(H2,27,30). The number of aromatic nitrogens is 4. The second-order valence-corrected chi connectivity index (χ2v) is 9.78. The highest BCUT2D eigenvalue weighted by Crippen LogP contribution is 2.42. The average molecular weight is 478 g/mol. The van der Waals surface area contributed by atoms with Crippen molar-refractivity contribution in [3.05, 3.63) is 58.6 Å². The van der Waals surface area contributed by atoms with E-state index >= 15 is 0 Å². The molecule has 0 radical (unpaired) electrons. The lowest BCUT2D eigenvalue weighted by Gasteiger charge is -2.24. The van der Waals surface area contributed by atoms with Gasteiger partial charge in [-0.25, -0.2) is 15.0 Å². The van der Waals surface area contributed by atoms with Crippen LogP contribution in [0.5, 0.6) is 0 Å². The summed E-state index contributed by atoms with van der Waals surface area (Å²) in [5.74, 6) is 2.67. The lowest BCUT2D eigenvalue weighted by molar-refractivity contribution is 0.276. The van der Waals surface area contributed by atoms with Crippen LogP contribution in [0.1, 0.15) is 37.4 Å². The summed E-state index contributed by atoms with van der Waals surface area (Å²) >= 11 is 3.48. The number of halogens is 1. The maximum absolute atomic E-state index is 6.01. The fourth-order valence-electron chi connectivity index (χ4n) is 5.55. The van der Waals surface area contributed by atoms with E-state index in [4.69, 9.17) is 5.73 Å². The van der Waals surface area contributed by atoms with Crippen LogP contribution >= 0.6 is 15.9 Å². The van der Waals surface area contributed by atoms with Crippen molar-refractivity contribution in [1.82, 2.24) is 19.5 Å². The number of hydrogen-bond donors (Lipinski definition) is 1. The van der Waals surface area contributed by atoms with E-state index in [-0.39, 0.29) is 0 Å². The highest BCUT2D eigenvalue weighted by Gasteiger charge is 2.35. The van der Waals surface area contributed by atoms with Crippen molar-refractivity contribution < 1.29 is 0 Å². The van der Waals surface area contributed by atoms with Gasteiger partial charge in [0.2, 0.25) is 0 Å². The Hall–Kier alpha value is -2.47. The summed E-state index contributed by atoms with van der Waals surface area (Å²) < 4.78 is 3.19. The molecule has 3 heterocycles. The van der Waals surface area contributed by atoms with Crippen LogP contribution in [0, 0.1) is 24.7 Å². The van der Waals surface area contributed by atoms with Crippen molar-refractivity contribution in [2.45, 2.75) is 46.1 Å². The second kappa shape index (κ2) is 8.23. The number of benzene rings is 1.